The van der Waals surface area contributed by atoms with Crippen LogP contribution in [0.2, 0.25) is 0 Å². The summed E-state index contributed by atoms with van der Waals surface area (Å²) in [6.45, 7) is 9.00. The zero-order valence-corrected chi connectivity index (χ0v) is 12.0. The van der Waals surface area contributed by atoms with Crippen LogP contribution in [0.5, 0.6) is 0 Å². The predicted molar refractivity (Wildman–Crippen MR) is 79.6 cm³/mol. The van der Waals surface area contributed by atoms with Crippen LogP contribution in [0.25, 0.3) is 0 Å². The molecule has 0 aromatic heterocycles. The van der Waals surface area contributed by atoms with Crippen molar-refractivity contribution in [3.05, 3.63) is 24.3 Å². The molecule has 100 valence electrons. The van der Waals surface area contributed by atoms with E-state index in [2.05, 4.69) is 60.3 Å². The SMILES string of the molecule is CNCC(C)(C)CN1CCN(C)c2ccccc21. The molecule has 0 saturated heterocycles. The van der Waals surface area contributed by atoms with Gasteiger partial charge in [-0.1, -0.05) is 26.0 Å². The Morgan fingerprint density at radius 3 is 2.50 bits per heavy atom. The summed E-state index contributed by atoms with van der Waals surface area (Å²) >= 11 is 0. The number of nitrogens with one attached hydrogen (secondary N) is 1. The van der Waals surface area contributed by atoms with Gasteiger partial charge in [0.1, 0.15) is 0 Å². The molecule has 0 fully saturated rings. The molecule has 1 N–H and O–H groups in total. The lowest BCUT2D eigenvalue weighted by Crippen LogP contribution is -2.45. The molecule has 0 radical (unpaired) electrons. The Morgan fingerprint density at radius 1 is 1.17 bits per heavy atom. The van der Waals surface area contributed by atoms with Crippen molar-refractivity contribution in [2.24, 2.45) is 5.41 Å². The van der Waals surface area contributed by atoms with E-state index in [1.165, 1.54) is 11.4 Å². The number of hydrogen-bond donors (Lipinski definition) is 1. The summed E-state index contributed by atoms with van der Waals surface area (Å²) < 4.78 is 0. The third-order valence-corrected chi connectivity index (χ3v) is 3.61. The molecular weight excluding hydrogens is 222 g/mol. The second-order valence-corrected chi connectivity index (χ2v) is 6.03. The zero-order chi connectivity index (χ0) is 13.2. The summed E-state index contributed by atoms with van der Waals surface area (Å²) in [6.07, 6.45) is 0. The van der Waals surface area contributed by atoms with Gasteiger partial charge in [-0.05, 0) is 24.6 Å². The van der Waals surface area contributed by atoms with Gasteiger partial charge in [0, 0.05) is 33.2 Å². The highest BCUT2D eigenvalue weighted by atomic mass is 15.3. The maximum atomic E-state index is 3.29. The fourth-order valence-electron chi connectivity index (χ4n) is 2.78. The van der Waals surface area contributed by atoms with Crippen molar-refractivity contribution in [3.8, 4) is 0 Å². The highest BCUT2D eigenvalue weighted by molar-refractivity contribution is 5.73. The minimum atomic E-state index is 0.289. The molecule has 3 nitrogen and oxygen atoms in total. The Bertz CT molecular complexity index is 400. The number of anilines is 2. The molecule has 0 aliphatic carbocycles. The van der Waals surface area contributed by atoms with Crippen LogP contribution >= 0.6 is 0 Å². The molecule has 1 aliphatic rings. The van der Waals surface area contributed by atoms with Crippen molar-refractivity contribution in [1.82, 2.24) is 5.32 Å². The third kappa shape index (κ3) is 2.78. The lowest BCUT2D eigenvalue weighted by molar-refractivity contribution is 0.352. The van der Waals surface area contributed by atoms with E-state index < -0.39 is 0 Å². The van der Waals surface area contributed by atoms with E-state index in [9.17, 15) is 0 Å². The van der Waals surface area contributed by atoms with Gasteiger partial charge in [0.15, 0.2) is 0 Å². The Kier molecular flexibility index (Phi) is 3.81. The molecule has 1 heterocycles. The second-order valence-electron chi connectivity index (χ2n) is 6.03. The van der Waals surface area contributed by atoms with Gasteiger partial charge in [0.05, 0.1) is 11.4 Å². The maximum absolute atomic E-state index is 3.29. The van der Waals surface area contributed by atoms with Gasteiger partial charge in [0.25, 0.3) is 0 Å². The van der Waals surface area contributed by atoms with Crippen molar-refractivity contribution in [2.45, 2.75) is 13.8 Å². The summed E-state index contributed by atoms with van der Waals surface area (Å²) in [5.41, 5.74) is 3.01. The Hall–Kier alpha value is -1.22. The molecule has 0 amide bonds. The topological polar surface area (TPSA) is 18.5 Å². The van der Waals surface area contributed by atoms with Crippen LogP contribution in [-0.4, -0.2) is 40.3 Å². The van der Waals surface area contributed by atoms with Gasteiger partial charge in [-0.2, -0.15) is 0 Å². The minimum Gasteiger partial charge on any atom is -0.371 e. The number of rotatable bonds is 4. The fraction of sp³-hybridized carbons (Fsp3) is 0.600. The number of nitrogens with zero attached hydrogens (tertiary/aromatic N) is 2. The van der Waals surface area contributed by atoms with Crippen LogP contribution in [0.3, 0.4) is 0 Å². The van der Waals surface area contributed by atoms with E-state index in [0.29, 0.717) is 0 Å². The molecule has 2 rings (SSSR count). The van der Waals surface area contributed by atoms with Crippen molar-refractivity contribution in [2.75, 3.05) is 50.1 Å². The van der Waals surface area contributed by atoms with Gasteiger partial charge >= 0.3 is 0 Å². The van der Waals surface area contributed by atoms with E-state index in [-0.39, 0.29) is 5.41 Å². The van der Waals surface area contributed by atoms with E-state index >= 15 is 0 Å². The quantitative estimate of drug-likeness (QED) is 0.880. The molecule has 0 bridgehead atoms. The first-order valence-electron chi connectivity index (χ1n) is 6.73. The largest absolute Gasteiger partial charge is 0.371 e. The molecule has 1 aromatic carbocycles. The van der Waals surface area contributed by atoms with Crippen molar-refractivity contribution in [3.63, 3.8) is 0 Å². The highest BCUT2D eigenvalue weighted by Crippen LogP contribution is 2.33. The number of likely N-dealkylation sites (N-methyl/N-ethyl adjacent to an activating group) is 1. The lowest BCUT2D eigenvalue weighted by Gasteiger charge is -2.41. The fourth-order valence-corrected chi connectivity index (χ4v) is 2.78. The Balaban J connectivity index is 2.19. The summed E-state index contributed by atoms with van der Waals surface area (Å²) in [6, 6.07) is 8.71. The number of benzene rings is 1. The highest BCUT2D eigenvalue weighted by Gasteiger charge is 2.26. The van der Waals surface area contributed by atoms with Crippen LogP contribution in [0.15, 0.2) is 24.3 Å². The molecule has 0 atom stereocenters. The normalized spacial score (nSPS) is 15.8. The predicted octanol–water partition coefficient (Wildman–Crippen LogP) is 2.19. The first-order valence-corrected chi connectivity index (χ1v) is 6.73. The number of hydrogen-bond acceptors (Lipinski definition) is 3. The Labute approximate surface area is 111 Å². The van der Waals surface area contributed by atoms with Gasteiger partial charge in [-0.25, -0.2) is 0 Å². The van der Waals surface area contributed by atoms with Crippen LogP contribution in [0.1, 0.15) is 13.8 Å². The van der Waals surface area contributed by atoms with E-state index in [1.807, 2.05) is 7.05 Å². The molecule has 3 heteroatoms. The van der Waals surface area contributed by atoms with Crippen LogP contribution in [0, 0.1) is 5.41 Å². The molecule has 1 aliphatic heterocycles. The monoisotopic (exact) mass is 247 g/mol. The Morgan fingerprint density at radius 2 is 1.83 bits per heavy atom. The van der Waals surface area contributed by atoms with Crippen molar-refractivity contribution < 1.29 is 0 Å². The van der Waals surface area contributed by atoms with E-state index in [1.54, 1.807) is 0 Å². The molecule has 1 aromatic rings. The molecular formula is C15H25N3. The smallest absolute Gasteiger partial charge is 0.0604 e. The summed E-state index contributed by atoms with van der Waals surface area (Å²) in [5, 5.41) is 3.29. The van der Waals surface area contributed by atoms with Gasteiger partial charge in [0.2, 0.25) is 0 Å². The first kappa shape index (κ1) is 13.2. The van der Waals surface area contributed by atoms with Crippen molar-refractivity contribution >= 4 is 11.4 Å². The van der Waals surface area contributed by atoms with Gasteiger partial charge in [-0.3, -0.25) is 0 Å². The standard InChI is InChI=1S/C15H25N3/c1-15(2,11-16-3)12-18-10-9-17(4)13-7-5-6-8-14(13)18/h5-8,16H,9-12H2,1-4H3. The third-order valence-electron chi connectivity index (χ3n) is 3.61. The summed E-state index contributed by atoms with van der Waals surface area (Å²) in [7, 11) is 4.20. The molecule has 0 unspecified atom stereocenters. The van der Waals surface area contributed by atoms with Crippen LogP contribution < -0.4 is 15.1 Å². The van der Waals surface area contributed by atoms with Crippen molar-refractivity contribution in [1.29, 1.82) is 0 Å². The average Bonchev–Trinajstić information content (AvgIpc) is 2.33. The van der Waals surface area contributed by atoms with E-state index in [0.717, 1.165) is 26.2 Å². The zero-order valence-electron chi connectivity index (χ0n) is 12.0. The first-order chi connectivity index (χ1) is 8.53. The molecule has 18 heavy (non-hydrogen) atoms. The lowest BCUT2D eigenvalue weighted by atomic mass is 9.92. The summed E-state index contributed by atoms with van der Waals surface area (Å²) in [5.74, 6) is 0. The number of fused-ring (bicyclic) bond motifs is 1. The van der Waals surface area contributed by atoms with Gasteiger partial charge < -0.3 is 15.1 Å². The molecule has 0 spiro atoms. The van der Waals surface area contributed by atoms with Crippen LogP contribution in [0.4, 0.5) is 11.4 Å². The average molecular weight is 247 g/mol. The number of para-hydroxylation sites is 2. The second kappa shape index (κ2) is 5.19. The van der Waals surface area contributed by atoms with Crippen LogP contribution in [-0.2, 0) is 0 Å². The van der Waals surface area contributed by atoms with Gasteiger partial charge in [-0.15, -0.1) is 0 Å². The van der Waals surface area contributed by atoms with E-state index in [4.69, 9.17) is 0 Å². The summed E-state index contributed by atoms with van der Waals surface area (Å²) in [4.78, 5) is 4.86. The maximum Gasteiger partial charge on any atom is 0.0604 e. The minimum absolute atomic E-state index is 0.289. The molecule has 0 saturated carbocycles.